The van der Waals surface area contributed by atoms with Crippen molar-refractivity contribution >= 4 is 22.5 Å². The van der Waals surface area contributed by atoms with Gasteiger partial charge < -0.3 is 10.1 Å². The molecule has 0 fully saturated rings. The number of hydrogen-bond donors (Lipinski definition) is 1. The molecule has 0 saturated heterocycles. The summed E-state index contributed by atoms with van der Waals surface area (Å²) in [6, 6.07) is 12.4. The highest BCUT2D eigenvalue weighted by molar-refractivity contribution is 5.91. The van der Waals surface area contributed by atoms with Gasteiger partial charge in [0.1, 0.15) is 11.8 Å². The van der Waals surface area contributed by atoms with Crippen LogP contribution in [0, 0.1) is 11.3 Å². The normalized spacial score (nSPS) is 11.1. The Morgan fingerprint density at radius 2 is 2.00 bits per heavy atom. The molecular weight excluding hydrogens is 401 g/mol. The summed E-state index contributed by atoms with van der Waals surface area (Å²) in [5.41, 5.74) is 0.484. The van der Waals surface area contributed by atoms with Crippen LogP contribution >= 0.6 is 0 Å². The summed E-state index contributed by atoms with van der Waals surface area (Å²) in [5.74, 6) is -0.621. The lowest BCUT2D eigenvalue weighted by Crippen LogP contribution is -2.20. The summed E-state index contributed by atoms with van der Waals surface area (Å²) in [7, 11) is 0. The SMILES string of the molecule is N#Cc1cc(NC(=O)CCn2ncc(=O)c3ccccc32)ccc1OCC(F)(F)F. The van der Waals surface area contributed by atoms with Crippen LogP contribution in [0.5, 0.6) is 5.75 Å². The van der Waals surface area contributed by atoms with E-state index in [0.29, 0.717) is 10.9 Å². The number of fused-ring (bicyclic) bond motifs is 1. The molecular formula is C20H15F3N4O3. The van der Waals surface area contributed by atoms with E-state index in [4.69, 9.17) is 5.26 Å². The zero-order valence-electron chi connectivity index (χ0n) is 15.4. The number of alkyl halides is 3. The molecule has 0 aliphatic carbocycles. The second kappa shape index (κ2) is 8.65. The quantitative estimate of drug-likeness (QED) is 0.666. The molecule has 154 valence electrons. The van der Waals surface area contributed by atoms with Crippen LogP contribution < -0.4 is 15.5 Å². The Morgan fingerprint density at radius 3 is 2.73 bits per heavy atom. The van der Waals surface area contributed by atoms with Crippen LogP contribution in [0.15, 0.2) is 53.5 Å². The maximum absolute atomic E-state index is 12.3. The smallest absolute Gasteiger partial charge is 0.422 e. The molecule has 0 saturated carbocycles. The lowest BCUT2D eigenvalue weighted by Gasteiger charge is -2.12. The van der Waals surface area contributed by atoms with Crippen LogP contribution in [0.4, 0.5) is 18.9 Å². The molecule has 0 radical (unpaired) electrons. The fourth-order valence-corrected chi connectivity index (χ4v) is 2.75. The molecule has 3 rings (SSSR count). The molecule has 30 heavy (non-hydrogen) atoms. The van der Waals surface area contributed by atoms with E-state index in [2.05, 4.69) is 15.2 Å². The predicted octanol–water partition coefficient (Wildman–Crippen LogP) is 3.24. The number of halogens is 3. The minimum absolute atomic E-state index is 0.0219. The molecule has 0 aliphatic rings. The number of nitriles is 1. The van der Waals surface area contributed by atoms with Gasteiger partial charge in [-0.15, -0.1) is 0 Å². The van der Waals surface area contributed by atoms with Crippen LogP contribution in [-0.2, 0) is 11.3 Å². The molecule has 0 unspecified atom stereocenters. The van der Waals surface area contributed by atoms with Gasteiger partial charge in [-0.05, 0) is 30.3 Å². The van der Waals surface area contributed by atoms with Crippen molar-refractivity contribution in [2.24, 2.45) is 0 Å². The number of aryl methyl sites for hydroxylation is 1. The lowest BCUT2D eigenvalue weighted by atomic mass is 10.2. The van der Waals surface area contributed by atoms with E-state index in [-0.39, 0.29) is 35.4 Å². The predicted molar refractivity (Wildman–Crippen MR) is 102 cm³/mol. The van der Waals surface area contributed by atoms with Crippen molar-refractivity contribution in [3.8, 4) is 11.8 Å². The van der Waals surface area contributed by atoms with Crippen molar-refractivity contribution in [3.63, 3.8) is 0 Å². The molecule has 0 atom stereocenters. The Labute approximate surface area is 168 Å². The van der Waals surface area contributed by atoms with Gasteiger partial charge in [0, 0.05) is 17.5 Å². The Balaban J connectivity index is 1.66. The number of benzene rings is 2. The van der Waals surface area contributed by atoms with Crippen molar-refractivity contribution in [2.45, 2.75) is 19.1 Å². The summed E-state index contributed by atoms with van der Waals surface area (Å²) in [6.07, 6.45) is -3.33. The van der Waals surface area contributed by atoms with E-state index in [1.165, 1.54) is 29.1 Å². The third-order valence-corrected chi connectivity index (χ3v) is 4.09. The van der Waals surface area contributed by atoms with Crippen LogP contribution in [0.3, 0.4) is 0 Å². The fraction of sp³-hybridized carbons (Fsp3) is 0.200. The Kier molecular flexibility index (Phi) is 6.01. The maximum Gasteiger partial charge on any atom is 0.422 e. The van der Waals surface area contributed by atoms with Crippen molar-refractivity contribution in [1.82, 2.24) is 9.78 Å². The fourth-order valence-electron chi connectivity index (χ4n) is 2.75. The second-order valence-electron chi connectivity index (χ2n) is 6.27. The molecule has 10 heteroatoms. The van der Waals surface area contributed by atoms with Gasteiger partial charge in [0.2, 0.25) is 11.3 Å². The molecule has 1 heterocycles. The maximum atomic E-state index is 12.3. The number of nitrogens with one attached hydrogen (secondary N) is 1. The molecule has 1 amide bonds. The van der Waals surface area contributed by atoms with Crippen LogP contribution in [-0.4, -0.2) is 28.5 Å². The van der Waals surface area contributed by atoms with E-state index in [1.54, 1.807) is 30.3 Å². The van der Waals surface area contributed by atoms with Gasteiger partial charge in [0.05, 0.1) is 23.8 Å². The first-order valence-electron chi connectivity index (χ1n) is 8.75. The zero-order valence-corrected chi connectivity index (χ0v) is 15.4. The third kappa shape index (κ3) is 5.14. The summed E-state index contributed by atoms with van der Waals surface area (Å²) in [4.78, 5) is 24.1. The van der Waals surface area contributed by atoms with Gasteiger partial charge >= 0.3 is 6.18 Å². The average molecular weight is 416 g/mol. The topological polar surface area (TPSA) is 97.0 Å². The molecule has 2 aromatic carbocycles. The number of ether oxygens (including phenoxy) is 1. The first-order valence-corrected chi connectivity index (χ1v) is 8.75. The number of para-hydroxylation sites is 1. The van der Waals surface area contributed by atoms with E-state index in [0.717, 1.165) is 0 Å². The van der Waals surface area contributed by atoms with E-state index in [1.807, 2.05) is 0 Å². The Bertz CT molecular complexity index is 1180. The van der Waals surface area contributed by atoms with Gasteiger partial charge in [0.25, 0.3) is 0 Å². The minimum atomic E-state index is -4.53. The zero-order chi connectivity index (χ0) is 21.7. The Morgan fingerprint density at radius 1 is 1.23 bits per heavy atom. The number of carbonyl (C=O) groups excluding carboxylic acids is 1. The minimum Gasteiger partial charge on any atom is -0.483 e. The lowest BCUT2D eigenvalue weighted by molar-refractivity contribution is -0.153. The number of hydrogen-bond acceptors (Lipinski definition) is 5. The van der Waals surface area contributed by atoms with Gasteiger partial charge in [0.15, 0.2) is 6.61 Å². The first-order chi connectivity index (χ1) is 14.3. The van der Waals surface area contributed by atoms with Crippen molar-refractivity contribution in [1.29, 1.82) is 5.26 Å². The van der Waals surface area contributed by atoms with Crippen molar-refractivity contribution in [2.75, 3.05) is 11.9 Å². The molecule has 0 bridgehead atoms. The molecule has 1 N–H and O–H groups in total. The standard InChI is InChI=1S/C20H15F3N4O3/c21-20(22,23)12-30-18-6-5-14(9-13(18)10-24)26-19(29)7-8-27-16-4-2-1-3-15(16)17(28)11-25-27/h1-6,9,11H,7-8,12H2,(H,26,29). The molecule has 0 spiro atoms. The van der Waals surface area contributed by atoms with Crippen molar-refractivity contribution < 1.29 is 22.7 Å². The third-order valence-electron chi connectivity index (χ3n) is 4.09. The summed E-state index contributed by atoms with van der Waals surface area (Å²) in [6.45, 7) is -1.32. The van der Waals surface area contributed by atoms with Crippen LogP contribution in [0.1, 0.15) is 12.0 Å². The highest BCUT2D eigenvalue weighted by Gasteiger charge is 2.28. The van der Waals surface area contributed by atoms with E-state index in [9.17, 15) is 22.8 Å². The number of anilines is 1. The summed E-state index contributed by atoms with van der Waals surface area (Å²) >= 11 is 0. The van der Waals surface area contributed by atoms with Gasteiger partial charge in [-0.25, -0.2) is 0 Å². The highest BCUT2D eigenvalue weighted by atomic mass is 19.4. The molecule has 7 nitrogen and oxygen atoms in total. The monoisotopic (exact) mass is 416 g/mol. The van der Waals surface area contributed by atoms with Gasteiger partial charge in [-0.1, -0.05) is 12.1 Å². The van der Waals surface area contributed by atoms with E-state index < -0.39 is 18.7 Å². The second-order valence-corrected chi connectivity index (χ2v) is 6.27. The highest BCUT2D eigenvalue weighted by Crippen LogP contribution is 2.25. The van der Waals surface area contributed by atoms with E-state index >= 15 is 0 Å². The molecule has 1 aromatic heterocycles. The number of carbonyl (C=O) groups is 1. The largest absolute Gasteiger partial charge is 0.483 e. The first kappa shape index (κ1) is 20.9. The summed E-state index contributed by atoms with van der Waals surface area (Å²) < 4.78 is 43.0. The Hall–Kier alpha value is -3.87. The molecule has 0 aliphatic heterocycles. The number of nitrogens with zero attached hydrogens (tertiary/aromatic N) is 3. The number of amides is 1. The van der Waals surface area contributed by atoms with Gasteiger partial charge in [-0.2, -0.15) is 23.5 Å². The number of rotatable bonds is 6. The van der Waals surface area contributed by atoms with Crippen molar-refractivity contribution in [3.05, 3.63) is 64.4 Å². The number of aromatic nitrogens is 2. The van der Waals surface area contributed by atoms with Gasteiger partial charge in [-0.3, -0.25) is 14.3 Å². The molecule has 3 aromatic rings. The average Bonchev–Trinajstić information content (AvgIpc) is 2.72. The summed E-state index contributed by atoms with van der Waals surface area (Å²) in [5, 5.41) is 16.2. The van der Waals surface area contributed by atoms with Crippen LogP contribution in [0.25, 0.3) is 10.9 Å². The van der Waals surface area contributed by atoms with Crippen LogP contribution in [0.2, 0.25) is 0 Å².